The molecule has 3 N–H and O–H groups in total. The maximum Gasteiger partial charge on any atom is 0.312 e. The molecule has 0 aliphatic heterocycles. The van der Waals surface area contributed by atoms with Gasteiger partial charge in [-0.2, -0.15) is 0 Å². The first-order chi connectivity index (χ1) is 8.70. The van der Waals surface area contributed by atoms with Crippen molar-refractivity contribution >= 4 is 11.8 Å². The Labute approximate surface area is 117 Å². The molecule has 0 aliphatic carbocycles. The lowest BCUT2D eigenvalue weighted by molar-refractivity contribution is -0.117. The Morgan fingerprint density at radius 2 is 1.84 bits per heavy atom. The molecule has 0 heterocycles. The van der Waals surface area contributed by atoms with Gasteiger partial charge in [-0.3, -0.25) is 0 Å². The Balaban J connectivity index is 4.42. The summed E-state index contributed by atoms with van der Waals surface area (Å²) in [5, 5.41) is 2.89. The number of rotatable bonds is 9. The summed E-state index contributed by atoms with van der Waals surface area (Å²) in [6.07, 6.45) is 4.57. The van der Waals surface area contributed by atoms with Crippen LogP contribution in [0, 0.1) is 11.3 Å². The van der Waals surface area contributed by atoms with Crippen LogP contribution in [0.15, 0.2) is 0 Å². The number of hydrogen-bond acceptors (Lipinski definition) is 2. The molecule has 4 heteroatoms. The minimum atomic E-state index is -0.456. The lowest BCUT2D eigenvalue weighted by atomic mass is 9.74. The van der Waals surface area contributed by atoms with E-state index in [-0.39, 0.29) is 17.2 Å². The molecule has 1 unspecified atom stereocenters. The molecule has 19 heavy (non-hydrogen) atoms. The van der Waals surface area contributed by atoms with Crippen LogP contribution in [0.5, 0.6) is 0 Å². The van der Waals surface area contributed by atoms with Crippen molar-refractivity contribution in [1.82, 2.24) is 5.32 Å². The van der Waals surface area contributed by atoms with E-state index in [1.807, 2.05) is 0 Å². The van der Waals surface area contributed by atoms with Gasteiger partial charge < -0.3 is 15.8 Å². The number of unbranched alkanes of at least 4 members (excludes halogenated alkanes) is 1. The first-order valence-electron chi connectivity index (χ1n) is 7.26. The van der Waals surface area contributed by atoms with Crippen molar-refractivity contribution in [2.45, 2.75) is 72.8 Å². The third kappa shape index (κ3) is 7.19. The molecule has 0 saturated carbocycles. The number of primary amides is 1. The van der Waals surface area contributed by atoms with Gasteiger partial charge in [0.05, 0.1) is 0 Å². The van der Waals surface area contributed by atoms with Crippen LogP contribution < -0.4 is 11.1 Å². The molecule has 0 aromatic heterocycles. The van der Waals surface area contributed by atoms with E-state index in [9.17, 15) is 9.59 Å². The highest BCUT2D eigenvalue weighted by atomic mass is 16.2. The van der Waals surface area contributed by atoms with Gasteiger partial charge in [0.25, 0.3) is 0 Å². The molecular formula is C15H30N2O2. The van der Waals surface area contributed by atoms with Crippen LogP contribution in [0.4, 0.5) is 4.79 Å². The molecule has 4 nitrogen and oxygen atoms in total. The number of amides is 2. The highest BCUT2D eigenvalue weighted by Crippen LogP contribution is 2.31. The average molecular weight is 270 g/mol. The largest absolute Gasteiger partial charge is 0.352 e. The summed E-state index contributed by atoms with van der Waals surface area (Å²) in [4.78, 5) is 22.1. The number of nitrogens with one attached hydrogen (secondary N) is 1. The van der Waals surface area contributed by atoms with Gasteiger partial charge in [0.1, 0.15) is 5.78 Å². The number of carbonyl (C=O) groups is 2. The van der Waals surface area contributed by atoms with E-state index in [0.29, 0.717) is 12.3 Å². The van der Waals surface area contributed by atoms with E-state index < -0.39 is 6.03 Å². The van der Waals surface area contributed by atoms with E-state index in [4.69, 9.17) is 5.73 Å². The van der Waals surface area contributed by atoms with E-state index in [2.05, 4.69) is 33.0 Å². The smallest absolute Gasteiger partial charge is 0.312 e. The van der Waals surface area contributed by atoms with E-state index in [0.717, 1.165) is 25.7 Å². The van der Waals surface area contributed by atoms with Crippen molar-refractivity contribution in [3.8, 4) is 0 Å². The predicted octanol–water partition coefficient (Wildman–Crippen LogP) is 3.25. The fourth-order valence-electron chi connectivity index (χ4n) is 2.49. The first kappa shape index (κ1) is 17.9. The fourth-order valence-corrected chi connectivity index (χ4v) is 2.49. The van der Waals surface area contributed by atoms with Crippen LogP contribution >= 0.6 is 0 Å². The standard InChI is InChI=1S/C15H30N2O2/c1-6-15(4,5)13(17-14(16)19)11(2)9-7-8-10-12(3)18/h11,13H,6-10H2,1-5H3,(H3,16,17,19)/t11-,13?/m1/s1. The summed E-state index contributed by atoms with van der Waals surface area (Å²) in [5.41, 5.74) is 5.31. The van der Waals surface area contributed by atoms with Crippen LogP contribution in [0.1, 0.15) is 66.7 Å². The second kappa shape index (κ2) is 8.18. The Bertz CT molecular complexity index is 301. The normalized spacial score (nSPS) is 14.8. The quantitative estimate of drug-likeness (QED) is 0.631. The van der Waals surface area contributed by atoms with Gasteiger partial charge in [-0.15, -0.1) is 0 Å². The van der Waals surface area contributed by atoms with Crippen molar-refractivity contribution in [3.63, 3.8) is 0 Å². The summed E-state index contributed by atoms with van der Waals surface area (Å²) in [7, 11) is 0. The highest BCUT2D eigenvalue weighted by Gasteiger charge is 2.32. The average Bonchev–Trinajstić information content (AvgIpc) is 2.30. The second-order valence-electron chi connectivity index (χ2n) is 6.25. The molecule has 0 aromatic carbocycles. The van der Waals surface area contributed by atoms with Gasteiger partial charge in [-0.05, 0) is 37.5 Å². The minimum absolute atomic E-state index is 0.0228. The summed E-state index contributed by atoms with van der Waals surface area (Å²) < 4.78 is 0. The van der Waals surface area contributed by atoms with Crippen molar-refractivity contribution < 1.29 is 9.59 Å². The van der Waals surface area contributed by atoms with Crippen LogP contribution in [-0.2, 0) is 4.79 Å². The number of urea groups is 1. The zero-order valence-electron chi connectivity index (χ0n) is 13.1. The van der Waals surface area contributed by atoms with E-state index in [1.54, 1.807) is 6.92 Å². The Morgan fingerprint density at radius 3 is 2.26 bits per heavy atom. The van der Waals surface area contributed by atoms with Crippen molar-refractivity contribution in [1.29, 1.82) is 0 Å². The molecule has 0 aliphatic rings. The molecule has 0 bridgehead atoms. The van der Waals surface area contributed by atoms with Gasteiger partial charge in [-0.1, -0.05) is 34.1 Å². The molecule has 0 saturated heterocycles. The maximum atomic E-state index is 11.2. The third-order valence-electron chi connectivity index (χ3n) is 4.06. The van der Waals surface area contributed by atoms with Crippen LogP contribution in [-0.4, -0.2) is 17.9 Å². The Hall–Kier alpha value is -1.06. The lowest BCUT2D eigenvalue weighted by Crippen LogP contribution is -2.50. The number of carbonyl (C=O) groups excluding carboxylic acids is 2. The Morgan fingerprint density at radius 1 is 1.26 bits per heavy atom. The van der Waals surface area contributed by atoms with Gasteiger partial charge in [0, 0.05) is 12.5 Å². The molecule has 0 spiro atoms. The fraction of sp³-hybridized carbons (Fsp3) is 0.867. The molecule has 0 aromatic rings. The van der Waals surface area contributed by atoms with Gasteiger partial charge in [-0.25, -0.2) is 4.79 Å². The Kier molecular flexibility index (Phi) is 7.72. The zero-order chi connectivity index (χ0) is 15.1. The summed E-state index contributed by atoms with van der Waals surface area (Å²) >= 11 is 0. The third-order valence-corrected chi connectivity index (χ3v) is 4.06. The molecule has 2 amide bonds. The predicted molar refractivity (Wildman–Crippen MR) is 78.9 cm³/mol. The second-order valence-corrected chi connectivity index (χ2v) is 6.25. The summed E-state index contributed by atoms with van der Waals surface area (Å²) in [6.45, 7) is 10.2. The first-order valence-corrected chi connectivity index (χ1v) is 7.26. The molecule has 2 atom stereocenters. The van der Waals surface area contributed by atoms with Gasteiger partial charge >= 0.3 is 6.03 Å². The molecule has 0 rings (SSSR count). The summed E-state index contributed by atoms with van der Waals surface area (Å²) in [6, 6.07) is -0.380. The monoisotopic (exact) mass is 270 g/mol. The lowest BCUT2D eigenvalue weighted by Gasteiger charge is -2.38. The van der Waals surface area contributed by atoms with Gasteiger partial charge in [0.2, 0.25) is 0 Å². The SMILES string of the molecule is CCC(C)(C)C(NC(N)=O)[C@H](C)CCCCC(C)=O. The zero-order valence-corrected chi connectivity index (χ0v) is 13.1. The van der Waals surface area contributed by atoms with Crippen LogP contribution in [0.2, 0.25) is 0 Å². The number of nitrogens with two attached hydrogens (primary N) is 1. The van der Waals surface area contributed by atoms with E-state index in [1.165, 1.54) is 0 Å². The van der Waals surface area contributed by atoms with Gasteiger partial charge in [0.15, 0.2) is 0 Å². The highest BCUT2D eigenvalue weighted by molar-refractivity contribution is 5.75. The number of hydrogen-bond donors (Lipinski definition) is 2. The maximum absolute atomic E-state index is 11.2. The van der Waals surface area contributed by atoms with E-state index >= 15 is 0 Å². The minimum Gasteiger partial charge on any atom is -0.352 e. The number of ketones is 1. The van der Waals surface area contributed by atoms with Crippen molar-refractivity contribution in [2.24, 2.45) is 17.1 Å². The van der Waals surface area contributed by atoms with Crippen LogP contribution in [0.3, 0.4) is 0 Å². The molecular weight excluding hydrogens is 240 g/mol. The topological polar surface area (TPSA) is 72.2 Å². The summed E-state index contributed by atoms with van der Waals surface area (Å²) in [5.74, 6) is 0.600. The van der Waals surface area contributed by atoms with Crippen molar-refractivity contribution in [2.75, 3.05) is 0 Å². The van der Waals surface area contributed by atoms with Crippen molar-refractivity contribution in [3.05, 3.63) is 0 Å². The molecule has 112 valence electrons. The molecule has 0 fully saturated rings. The molecule has 0 radical (unpaired) electrons. The number of Topliss-reactive ketones (excluding diaryl/α,β-unsaturated/α-hetero) is 1. The van der Waals surface area contributed by atoms with Crippen LogP contribution in [0.25, 0.3) is 0 Å².